The third kappa shape index (κ3) is 2.33. The molecule has 2 heteroatoms. The number of pyridine rings is 1. The lowest BCUT2D eigenvalue weighted by Crippen LogP contribution is -2.33. The van der Waals surface area contributed by atoms with Crippen LogP contribution in [0.15, 0.2) is 36.7 Å². The van der Waals surface area contributed by atoms with Gasteiger partial charge in [0.25, 0.3) is 0 Å². The molecule has 2 aromatic rings. The maximum atomic E-state index is 6.09. The number of nitrogen functional groups attached to an aromatic ring is 1. The van der Waals surface area contributed by atoms with Gasteiger partial charge in [-0.3, -0.25) is 4.98 Å². The Labute approximate surface area is 127 Å². The van der Waals surface area contributed by atoms with Crippen molar-refractivity contribution in [2.75, 3.05) is 5.73 Å². The molecule has 1 aliphatic carbocycles. The smallest absolute Gasteiger partial charge is 0.0580 e. The molecule has 1 aromatic carbocycles. The standard InChI is InChI=1S/C19H24N2/c1-18(2)8-9-19(3,4)16-11-13(5-6-15(16)18)14-7-10-21-12-17(14)20/h5-7,10-12H,8-9,20H2,1-4H3. The molecule has 2 N–H and O–H groups in total. The fourth-order valence-electron chi connectivity index (χ4n) is 3.43. The van der Waals surface area contributed by atoms with Crippen molar-refractivity contribution in [1.82, 2.24) is 4.98 Å². The Morgan fingerprint density at radius 3 is 2.29 bits per heavy atom. The van der Waals surface area contributed by atoms with Crippen molar-refractivity contribution >= 4 is 5.69 Å². The van der Waals surface area contributed by atoms with Gasteiger partial charge in [0.05, 0.1) is 11.9 Å². The molecule has 1 aliphatic rings. The minimum atomic E-state index is 0.225. The van der Waals surface area contributed by atoms with E-state index in [9.17, 15) is 0 Å². The van der Waals surface area contributed by atoms with Gasteiger partial charge in [-0.15, -0.1) is 0 Å². The molecule has 0 bridgehead atoms. The Balaban J connectivity index is 2.19. The summed E-state index contributed by atoms with van der Waals surface area (Å²) in [5.74, 6) is 0. The van der Waals surface area contributed by atoms with E-state index >= 15 is 0 Å². The quantitative estimate of drug-likeness (QED) is 0.823. The Bertz CT molecular complexity index is 684. The Hall–Kier alpha value is -1.83. The molecule has 0 radical (unpaired) electrons. The number of anilines is 1. The number of hydrogen-bond acceptors (Lipinski definition) is 2. The van der Waals surface area contributed by atoms with E-state index in [4.69, 9.17) is 5.73 Å². The van der Waals surface area contributed by atoms with Gasteiger partial charge in [0, 0.05) is 11.8 Å². The van der Waals surface area contributed by atoms with Crippen LogP contribution < -0.4 is 5.73 Å². The lowest BCUT2D eigenvalue weighted by molar-refractivity contribution is 0.332. The van der Waals surface area contributed by atoms with Crippen molar-refractivity contribution in [3.05, 3.63) is 47.8 Å². The van der Waals surface area contributed by atoms with E-state index in [1.165, 1.54) is 29.5 Å². The third-order valence-electron chi connectivity index (χ3n) is 5.02. The first-order valence-electron chi connectivity index (χ1n) is 7.66. The molecular weight excluding hydrogens is 256 g/mol. The third-order valence-corrected chi connectivity index (χ3v) is 5.02. The molecular formula is C19H24N2. The largest absolute Gasteiger partial charge is 0.397 e. The van der Waals surface area contributed by atoms with E-state index in [0.29, 0.717) is 0 Å². The van der Waals surface area contributed by atoms with E-state index in [1.807, 2.05) is 6.07 Å². The zero-order chi connectivity index (χ0) is 15.3. The lowest BCUT2D eigenvalue weighted by Gasteiger charge is -2.42. The van der Waals surface area contributed by atoms with Crippen LogP contribution in [0.4, 0.5) is 5.69 Å². The van der Waals surface area contributed by atoms with Crippen LogP contribution in [-0.2, 0) is 10.8 Å². The van der Waals surface area contributed by atoms with Crippen LogP contribution in [0.25, 0.3) is 11.1 Å². The second kappa shape index (κ2) is 4.59. The van der Waals surface area contributed by atoms with Gasteiger partial charge in [-0.2, -0.15) is 0 Å². The van der Waals surface area contributed by atoms with Crippen LogP contribution in [0.3, 0.4) is 0 Å². The van der Waals surface area contributed by atoms with Gasteiger partial charge < -0.3 is 5.73 Å². The van der Waals surface area contributed by atoms with Crippen molar-refractivity contribution in [2.24, 2.45) is 0 Å². The number of nitrogens with two attached hydrogens (primary N) is 1. The van der Waals surface area contributed by atoms with Gasteiger partial charge in [0.2, 0.25) is 0 Å². The van der Waals surface area contributed by atoms with Crippen LogP contribution in [0.2, 0.25) is 0 Å². The highest BCUT2D eigenvalue weighted by Gasteiger charge is 2.36. The van der Waals surface area contributed by atoms with Crippen LogP contribution in [-0.4, -0.2) is 4.98 Å². The number of fused-ring (bicyclic) bond motifs is 1. The molecule has 21 heavy (non-hydrogen) atoms. The Kier molecular flexibility index (Phi) is 3.09. The highest BCUT2D eigenvalue weighted by Crippen LogP contribution is 2.46. The monoisotopic (exact) mass is 280 g/mol. The number of benzene rings is 1. The van der Waals surface area contributed by atoms with Crippen molar-refractivity contribution in [1.29, 1.82) is 0 Å². The van der Waals surface area contributed by atoms with Crippen molar-refractivity contribution in [3.8, 4) is 11.1 Å². The van der Waals surface area contributed by atoms with Crippen LogP contribution in [0, 0.1) is 0 Å². The Morgan fingerprint density at radius 1 is 0.952 bits per heavy atom. The summed E-state index contributed by atoms with van der Waals surface area (Å²) in [4.78, 5) is 4.08. The van der Waals surface area contributed by atoms with Gasteiger partial charge in [-0.25, -0.2) is 0 Å². The SMILES string of the molecule is CC1(C)CCC(C)(C)c2cc(-c3ccncc3N)ccc21. The molecule has 0 saturated heterocycles. The molecule has 1 heterocycles. The molecule has 2 nitrogen and oxygen atoms in total. The second-order valence-electron chi connectivity index (χ2n) is 7.49. The topological polar surface area (TPSA) is 38.9 Å². The maximum Gasteiger partial charge on any atom is 0.0580 e. The summed E-state index contributed by atoms with van der Waals surface area (Å²) in [7, 11) is 0. The first kappa shape index (κ1) is 14.1. The molecule has 0 unspecified atom stereocenters. The molecule has 1 aromatic heterocycles. The molecule has 3 rings (SSSR count). The summed E-state index contributed by atoms with van der Waals surface area (Å²) in [5, 5.41) is 0. The van der Waals surface area contributed by atoms with Gasteiger partial charge in [0.15, 0.2) is 0 Å². The van der Waals surface area contributed by atoms with Crippen LogP contribution >= 0.6 is 0 Å². The summed E-state index contributed by atoms with van der Waals surface area (Å²) in [6.45, 7) is 9.39. The molecule has 0 atom stereocenters. The van der Waals surface area contributed by atoms with Gasteiger partial charge in [-0.1, -0.05) is 45.9 Å². The Morgan fingerprint density at radius 2 is 1.62 bits per heavy atom. The van der Waals surface area contributed by atoms with E-state index in [2.05, 4.69) is 50.9 Å². The van der Waals surface area contributed by atoms with Crippen LogP contribution in [0.1, 0.15) is 51.7 Å². The van der Waals surface area contributed by atoms with E-state index in [-0.39, 0.29) is 10.8 Å². The average molecular weight is 280 g/mol. The summed E-state index contributed by atoms with van der Waals surface area (Å²) < 4.78 is 0. The predicted octanol–water partition coefficient (Wildman–Crippen LogP) is 4.68. The van der Waals surface area contributed by atoms with Gasteiger partial charge in [-0.05, 0) is 46.4 Å². The second-order valence-corrected chi connectivity index (χ2v) is 7.49. The highest BCUT2D eigenvalue weighted by molar-refractivity contribution is 5.76. The molecule has 0 aliphatic heterocycles. The maximum absolute atomic E-state index is 6.09. The number of aromatic nitrogens is 1. The van der Waals surface area contributed by atoms with E-state index in [1.54, 1.807) is 12.4 Å². The zero-order valence-electron chi connectivity index (χ0n) is 13.4. The zero-order valence-corrected chi connectivity index (χ0v) is 13.4. The van der Waals surface area contributed by atoms with Crippen molar-refractivity contribution < 1.29 is 0 Å². The summed E-state index contributed by atoms with van der Waals surface area (Å²) >= 11 is 0. The number of hydrogen-bond donors (Lipinski definition) is 1. The van der Waals surface area contributed by atoms with Gasteiger partial charge in [0.1, 0.15) is 0 Å². The first-order valence-corrected chi connectivity index (χ1v) is 7.66. The fraction of sp³-hybridized carbons (Fsp3) is 0.421. The normalized spacial score (nSPS) is 19.0. The number of nitrogens with zero attached hydrogens (tertiary/aromatic N) is 1. The van der Waals surface area contributed by atoms with E-state index in [0.717, 1.165) is 11.3 Å². The van der Waals surface area contributed by atoms with E-state index < -0.39 is 0 Å². The molecule has 0 spiro atoms. The van der Waals surface area contributed by atoms with Crippen molar-refractivity contribution in [2.45, 2.75) is 51.4 Å². The highest BCUT2D eigenvalue weighted by atomic mass is 14.7. The van der Waals surface area contributed by atoms with Crippen LogP contribution in [0.5, 0.6) is 0 Å². The molecule has 0 amide bonds. The first-order chi connectivity index (χ1) is 9.81. The van der Waals surface area contributed by atoms with Crippen molar-refractivity contribution in [3.63, 3.8) is 0 Å². The minimum Gasteiger partial charge on any atom is -0.397 e. The summed E-state index contributed by atoms with van der Waals surface area (Å²) in [5.41, 5.74) is 12.5. The molecule has 0 saturated carbocycles. The molecule has 0 fully saturated rings. The van der Waals surface area contributed by atoms with Gasteiger partial charge >= 0.3 is 0 Å². The fourth-order valence-corrected chi connectivity index (χ4v) is 3.43. The number of rotatable bonds is 1. The lowest BCUT2D eigenvalue weighted by atomic mass is 9.63. The predicted molar refractivity (Wildman–Crippen MR) is 89.4 cm³/mol. The molecule has 110 valence electrons. The summed E-state index contributed by atoms with van der Waals surface area (Å²) in [6.07, 6.45) is 6.00. The summed E-state index contributed by atoms with van der Waals surface area (Å²) in [6, 6.07) is 8.83. The minimum absolute atomic E-state index is 0.225. The average Bonchev–Trinajstić information content (AvgIpc) is 2.44.